The topological polar surface area (TPSA) is 77.7 Å². The van der Waals surface area contributed by atoms with Crippen molar-refractivity contribution in [3.8, 4) is 11.4 Å². The highest BCUT2D eigenvalue weighted by molar-refractivity contribution is 7.98. The van der Waals surface area contributed by atoms with Crippen LogP contribution < -0.4 is 0 Å². The molecule has 0 N–H and O–H groups in total. The summed E-state index contributed by atoms with van der Waals surface area (Å²) in [4.78, 5) is 3.77. The van der Waals surface area contributed by atoms with Crippen molar-refractivity contribution < 1.29 is 17.2 Å². The Labute approximate surface area is 188 Å². The molecule has 32 heavy (non-hydrogen) atoms. The first-order valence-corrected chi connectivity index (χ1v) is 12.1. The SMILES string of the molecule is O=S(=O)(c1ccc(CSc2nnc(-c3cccnc3)n2Cc2ccccc2)cc1)C(F)F. The predicted octanol–water partition coefficient (Wildman–Crippen LogP) is 4.68. The quantitative estimate of drug-likeness (QED) is 0.347. The summed E-state index contributed by atoms with van der Waals surface area (Å²) >= 11 is 1.43. The van der Waals surface area contributed by atoms with E-state index in [1.807, 2.05) is 47.0 Å². The number of aromatic nitrogens is 4. The van der Waals surface area contributed by atoms with Gasteiger partial charge in [0.25, 0.3) is 0 Å². The molecule has 0 aliphatic heterocycles. The van der Waals surface area contributed by atoms with Gasteiger partial charge < -0.3 is 0 Å². The molecular formula is C22H18F2N4O2S2. The molecule has 0 bridgehead atoms. The van der Waals surface area contributed by atoms with Gasteiger partial charge in [0.2, 0.25) is 9.84 Å². The molecule has 0 amide bonds. The fraction of sp³-hybridized carbons (Fsp3) is 0.136. The fourth-order valence-corrected chi connectivity index (χ4v) is 4.65. The Morgan fingerprint density at radius 3 is 2.31 bits per heavy atom. The summed E-state index contributed by atoms with van der Waals surface area (Å²) in [7, 11) is -4.60. The lowest BCUT2D eigenvalue weighted by Crippen LogP contribution is -2.11. The van der Waals surface area contributed by atoms with Crippen molar-refractivity contribution >= 4 is 21.6 Å². The monoisotopic (exact) mass is 472 g/mol. The summed E-state index contributed by atoms with van der Waals surface area (Å²) < 4.78 is 50.6. The molecule has 10 heteroatoms. The van der Waals surface area contributed by atoms with Gasteiger partial charge >= 0.3 is 5.76 Å². The molecule has 4 rings (SSSR count). The van der Waals surface area contributed by atoms with Crippen molar-refractivity contribution in [2.24, 2.45) is 0 Å². The lowest BCUT2D eigenvalue weighted by atomic mass is 10.2. The number of rotatable bonds is 8. The standard InChI is InChI=1S/C22H18F2N4O2S2/c23-21(24)32(29,30)19-10-8-17(9-11-19)15-31-22-27-26-20(18-7-4-12-25-13-18)28(22)14-16-5-2-1-3-6-16/h1-13,21H,14-15H2. The third kappa shape index (κ3) is 4.86. The first kappa shape index (κ1) is 22.1. The summed E-state index contributed by atoms with van der Waals surface area (Å²) in [6, 6.07) is 19.1. The third-order valence-electron chi connectivity index (χ3n) is 4.67. The number of hydrogen-bond donors (Lipinski definition) is 0. The number of alkyl halides is 2. The molecule has 0 aliphatic carbocycles. The molecule has 0 fully saturated rings. The second-order valence-corrected chi connectivity index (χ2v) is 9.72. The van der Waals surface area contributed by atoms with E-state index in [1.54, 1.807) is 12.4 Å². The zero-order chi connectivity index (χ0) is 22.6. The number of pyridine rings is 1. The van der Waals surface area contributed by atoms with E-state index < -0.39 is 20.5 Å². The van der Waals surface area contributed by atoms with Gasteiger partial charge in [-0.25, -0.2) is 8.42 Å². The third-order valence-corrected chi connectivity index (χ3v) is 7.11. The summed E-state index contributed by atoms with van der Waals surface area (Å²) in [5, 5.41) is 9.36. The summed E-state index contributed by atoms with van der Waals surface area (Å²) in [6.07, 6.45) is 3.41. The average Bonchev–Trinajstić information content (AvgIpc) is 3.21. The maximum absolute atomic E-state index is 12.7. The van der Waals surface area contributed by atoms with Crippen molar-refractivity contribution in [1.29, 1.82) is 0 Å². The Hall–Kier alpha value is -3.11. The van der Waals surface area contributed by atoms with Crippen molar-refractivity contribution in [1.82, 2.24) is 19.7 Å². The highest BCUT2D eigenvalue weighted by Crippen LogP contribution is 2.28. The normalized spacial score (nSPS) is 11.7. The van der Waals surface area contributed by atoms with Crippen LogP contribution in [-0.4, -0.2) is 33.9 Å². The molecule has 2 aromatic carbocycles. The van der Waals surface area contributed by atoms with Gasteiger partial charge in [-0.3, -0.25) is 9.55 Å². The van der Waals surface area contributed by atoms with Crippen LogP contribution in [0.25, 0.3) is 11.4 Å². The minimum Gasteiger partial charge on any atom is -0.297 e. The molecule has 0 saturated heterocycles. The second kappa shape index (κ2) is 9.58. The van der Waals surface area contributed by atoms with Crippen LogP contribution in [0.5, 0.6) is 0 Å². The van der Waals surface area contributed by atoms with E-state index in [4.69, 9.17) is 0 Å². The van der Waals surface area contributed by atoms with Gasteiger partial charge in [0.05, 0.1) is 11.4 Å². The van der Waals surface area contributed by atoms with Crippen molar-refractivity contribution in [2.75, 3.05) is 0 Å². The molecule has 0 spiro atoms. The van der Waals surface area contributed by atoms with Crippen molar-refractivity contribution in [3.05, 3.63) is 90.3 Å². The molecule has 0 saturated carbocycles. The number of thioether (sulfide) groups is 1. The van der Waals surface area contributed by atoms with Crippen LogP contribution in [0.2, 0.25) is 0 Å². The molecule has 0 aliphatic rings. The molecule has 2 aromatic heterocycles. The second-order valence-electron chi connectivity index (χ2n) is 6.86. The Morgan fingerprint density at radius 2 is 1.66 bits per heavy atom. The first-order chi connectivity index (χ1) is 15.4. The highest BCUT2D eigenvalue weighted by atomic mass is 32.2. The van der Waals surface area contributed by atoms with Crippen LogP contribution in [0.15, 0.2) is 89.2 Å². The highest BCUT2D eigenvalue weighted by Gasteiger charge is 2.26. The van der Waals surface area contributed by atoms with Gasteiger partial charge in [0.1, 0.15) is 0 Å². The zero-order valence-electron chi connectivity index (χ0n) is 16.7. The van der Waals surface area contributed by atoms with E-state index in [0.717, 1.165) is 16.7 Å². The van der Waals surface area contributed by atoms with Crippen LogP contribution in [0.3, 0.4) is 0 Å². The number of hydrogen-bond acceptors (Lipinski definition) is 6. The summed E-state index contributed by atoms with van der Waals surface area (Å²) in [5.74, 6) is -2.29. The number of sulfone groups is 1. The van der Waals surface area contributed by atoms with Gasteiger partial charge in [-0.05, 0) is 35.4 Å². The maximum atomic E-state index is 12.7. The molecule has 0 atom stereocenters. The van der Waals surface area contributed by atoms with Crippen LogP contribution in [0.4, 0.5) is 8.78 Å². The number of nitrogens with zero attached hydrogens (tertiary/aromatic N) is 4. The minimum atomic E-state index is -4.60. The number of halogens is 2. The first-order valence-electron chi connectivity index (χ1n) is 9.56. The van der Waals surface area contributed by atoms with Crippen molar-refractivity contribution in [2.45, 2.75) is 28.1 Å². The smallest absolute Gasteiger partial charge is 0.297 e. The summed E-state index contributed by atoms with van der Waals surface area (Å²) in [5.41, 5.74) is 2.70. The predicted molar refractivity (Wildman–Crippen MR) is 118 cm³/mol. The van der Waals surface area contributed by atoms with E-state index in [0.29, 0.717) is 23.3 Å². The van der Waals surface area contributed by atoms with E-state index in [-0.39, 0.29) is 0 Å². The molecule has 4 aromatic rings. The van der Waals surface area contributed by atoms with Crippen LogP contribution >= 0.6 is 11.8 Å². The zero-order valence-corrected chi connectivity index (χ0v) is 18.3. The maximum Gasteiger partial charge on any atom is 0.341 e. The minimum absolute atomic E-state index is 0.396. The molecule has 6 nitrogen and oxygen atoms in total. The van der Waals surface area contributed by atoms with Gasteiger partial charge in [-0.15, -0.1) is 10.2 Å². The van der Waals surface area contributed by atoms with Gasteiger partial charge in [-0.2, -0.15) is 8.78 Å². The largest absolute Gasteiger partial charge is 0.341 e. The average molecular weight is 473 g/mol. The van der Waals surface area contributed by atoms with E-state index in [9.17, 15) is 17.2 Å². The molecule has 0 radical (unpaired) electrons. The van der Waals surface area contributed by atoms with E-state index in [1.165, 1.54) is 36.0 Å². The fourth-order valence-electron chi connectivity index (χ4n) is 3.04. The number of benzene rings is 2. The lowest BCUT2D eigenvalue weighted by Gasteiger charge is -2.10. The lowest BCUT2D eigenvalue weighted by molar-refractivity contribution is 0.234. The Balaban J connectivity index is 1.58. The van der Waals surface area contributed by atoms with Crippen LogP contribution in [-0.2, 0) is 22.1 Å². The van der Waals surface area contributed by atoms with Gasteiger partial charge in [0.15, 0.2) is 11.0 Å². The Kier molecular flexibility index (Phi) is 6.61. The Bertz CT molecular complexity index is 1280. The molecule has 0 unspecified atom stereocenters. The van der Waals surface area contributed by atoms with E-state index >= 15 is 0 Å². The van der Waals surface area contributed by atoms with Crippen molar-refractivity contribution in [3.63, 3.8) is 0 Å². The molecular weight excluding hydrogens is 454 g/mol. The summed E-state index contributed by atoms with van der Waals surface area (Å²) in [6.45, 7) is 0.561. The Morgan fingerprint density at radius 1 is 0.906 bits per heavy atom. The van der Waals surface area contributed by atoms with Gasteiger partial charge in [-0.1, -0.05) is 54.2 Å². The molecule has 164 valence electrons. The van der Waals surface area contributed by atoms with E-state index in [2.05, 4.69) is 15.2 Å². The van der Waals surface area contributed by atoms with Crippen LogP contribution in [0.1, 0.15) is 11.1 Å². The van der Waals surface area contributed by atoms with Gasteiger partial charge in [0, 0.05) is 23.7 Å². The van der Waals surface area contributed by atoms with Crippen LogP contribution in [0, 0.1) is 0 Å². The molecule has 2 heterocycles.